The molecule has 0 saturated carbocycles. The Morgan fingerprint density at radius 3 is 2.38 bits per heavy atom. The maximum atomic E-state index is 13.0. The summed E-state index contributed by atoms with van der Waals surface area (Å²) in [5.74, 6) is -0.615. The highest BCUT2D eigenvalue weighted by Gasteiger charge is 2.30. The number of nitrogens with one attached hydrogen (secondary N) is 1. The normalized spacial score (nSPS) is 16.4. The van der Waals surface area contributed by atoms with Crippen molar-refractivity contribution in [1.82, 2.24) is 9.62 Å². The molecule has 0 aromatic heterocycles. The number of ether oxygens (including phenoxy) is 1. The molecular formula is C20H22Cl2N2O4S. The minimum Gasteiger partial charge on any atom is -0.379 e. The topological polar surface area (TPSA) is 75.7 Å². The second kappa shape index (κ2) is 9.45. The number of benzene rings is 2. The molecule has 156 valence electrons. The summed E-state index contributed by atoms with van der Waals surface area (Å²) >= 11 is 12.5. The Kier molecular flexibility index (Phi) is 7.19. The molecule has 1 amide bonds. The molecule has 2 aromatic carbocycles. The first-order valence-electron chi connectivity index (χ1n) is 9.21. The molecule has 0 bridgehead atoms. The summed E-state index contributed by atoms with van der Waals surface area (Å²) in [6, 6.07) is 11.4. The highest BCUT2D eigenvalue weighted by molar-refractivity contribution is 7.89. The van der Waals surface area contributed by atoms with E-state index in [4.69, 9.17) is 27.9 Å². The molecule has 6 nitrogen and oxygen atoms in total. The molecule has 1 aliphatic rings. The zero-order valence-corrected chi connectivity index (χ0v) is 18.2. The maximum Gasteiger partial charge on any atom is 0.252 e. The van der Waals surface area contributed by atoms with Crippen LogP contribution < -0.4 is 5.32 Å². The molecule has 1 saturated heterocycles. The van der Waals surface area contributed by atoms with Crippen LogP contribution >= 0.6 is 23.2 Å². The van der Waals surface area contributed by atoms with Crippen LogP contribution in [0.15, 0.2) is 47.4 Å². The van der Waals surface area contributed by atoms with Crippen LogP contribution in [0.2, 0.25) is 10.0 Å². The van der Waals surface area contributed by atoms with Gasteiger partial charge in [-0.15, -0.1) is 0 Å². The fraction of sp³-hybridized carbons (Fsp3) is 0.350. The lowest BCUT2D eigenvalue weighted by atomic mass is 10.0. The number of morpholine rings is 1. The number of halogens is 2. The van der Waals surface area contributed by atoms with Crippen LogP contribution in [0.25, 0.3) is 0 Å². The largest absolute Gasteiger partial charge is 0.379 e. The number of carbonyl (C=O) groups is 1. The summed E-state index contributed by atoms with van der Waals surface area (Å²) in [5.41, 5.74) is 0.849. The lowest BCUT2D eigenvalue weighted by Gasteiger charge is -2.26. The van der Waals surface area contributed by atoms with Gasteiger partial charge in [0.15, 0.2) is 0 Å². The van der Waals surface area contributed by atoms with Crippen molar-refractivity contribution in [2.75, 3.05) is 32.8 Å². The minimum absolute atomic E-state index is 0.0113. The molecule has 29 heavy (non-hydrogen) atoms. The lowest BCUT2D eigenvalue weighted by molar-refractivity contribution is 0.0730. The Balaban J connectivity index is 1.78. The molecule has 0 spiro atoms. The zero-order chi connectivity index (χ0) is 21.0. The molecule has 1 fully saturated rings. The Hall–Kier alpha value is -1.64. The van der Waals surface area contributed by atoms with Crippen molar-refractivity contribution in [2.45, 2.75) is 17.7 Å². The molecule has 1 N–H and O–H groups in total. The molecule has 9 heteroatoms. The van der Waals surface area contributed by atoms with E-state index in [1.165, 1.54) is 16.4 Å². The molecule has 1 atom stereocenters. The summed E-state index contributed by atoms with van der Waals surface area (Å²) in [6.45, 7) is 3.35. The van der Waals surface area contributed by atoms with Crippen molar-refractivity contribution in [3.05, 3.63) is 63.6 Å². The van der Waals surface area contributed by atoms with Crippen LogP contribution in [0.3, 0.4) is 0 Å². The Labute approximate surface area is 180 Å². The van der Waals surface area contributed by atoms with Crippen LogP contribution in [-0.4, -0.2) is 51.5 Å². The SMILES string of the molecule is CC(CNC(=O)c1ccccc1S(=O)(=O)N1CCOCC1)c1c(Cl)cccc1Cl. The van der Waals surface area contributed by atoms with E-state index in [1.54, 1.807) is 30.3 Å². The van der Waals surface area contributed by atoms with Crippen molar-refractivity contribution < 1.29 is 17.9 Å². The second-order valence-corrected chi connectivity index (χ2v) is 9.48. The van der Waals surface area contributed by atoms with Crippen molar-refractivity contribution in [2.24, 2.45) is 0 Å². The third kappa shape index (κ3) is 4.92. The van der Waals surface area contributed by atoms with Crippen LogP contribution in [0, 0.1) is 0 Å². The molecule has 1 heterocycles. The van der Waals surface area contributed by atoms with E-state index >= 15 is 0 Å². The van der Waals surface area contributed by atoms with Gasteiger partial charge in [-0.3, -0.25) is 4.79 Å². The van der Waals surface area contributed by atoms with Crippen molar-refractivity contribution in [3.8, 4) is 0 Å². The number of hydrogen-bond donors (Lipinski definition) is 1. The average molecular weight is 457 g/mol. The molecule has 1 unspecified atom stereocenters. The quantitative estimate of drug-likeness (QED) is 0.720. The summed E-state index contributed by atoms with van der Waals surface area (Å²) in [7, 11) is -3.79. The fourth-order valence-corrected chi connectivity index (χ4v) is 5.60. The van der Waals surface area contributed by atoms with Gasteiger partial charge in [0.1, 0.15) is 0 Å². The van der Waals surface area contributed by atoms with Gasteiger partial charge in [-0.1, -0.05) is 48.3 Å². The number of hydrogen-bond acceptors (Lipinski definition) is 4. The first kappa shape index (κ1) is 22.1. The Morgan fingerprint density at radius 2 is 1.72 bits per heavy atom. The van der Waals surface area contributed by atoms with E-state index in [-0.39, 0.29) is 36.0 Å². The molecular weight excluding hydrogens is 435 g/mol. The van der Waals surface area contributed by atoms with Gasteiger partial charge < -0.3 is 10.1 Å². The van der Waals surface area contributed by atoms with E-state index in [1.807, 2.05) is 6.92 Å². The smallest absolute Gasteiger partial charge is 0.252 e. The van der Waals surface area contributed by atoms with Gasteiger partial charge in [-0.2, -0.15) is 4.31 Å². The lowest BCUT2D eigenvalue weighted by Crippen LogP contribution is -2.41. The van der Waals surface area contributed by atoms with Crippen LogP contribution in [-0.2, 0) is 14.8 Å². The molecule has 1 aliphatic heterocycles. The number of nitrogens with zero attached hydrogens (tertiary/aromatic N) is 1. The number of carbonyl (C=O) groups excluding carboxylic acids is 1. The van der Waals surface area contributed by atoms with E-state index in [0.717, 1.165) is 5.56 Å². The summed E-state index contributed by atoms with van der Waals surface area (Å²) in [5, 5.41) is 3.85. The van der Waals surface area contributed by atoms with Crippen molar-refractivity contribution in [1.29, 1.82) is 0 Å². The number of amides is 1. The molecule has 3 rings (SSSR count). The van der Waals surface area contributed by atoms with Gasteiger partial charge in [0.2, 0.25) is 10.0 Å². The van der Waals surface area contributed by atoms with Gasteiger partial charge in [0.05, 0.1) is 23.7 Å². The Morgan fingerprint density at radius 1 is 1.10 bits per heavy atom. The van der Waals surface area contributed by atoms with Crippen LogP contribution in [0.4, 0.5) is 0 Å². The number of rotatable bonds is 6. The zero-order valence-electron chi connectivity index (χ0n) is 15.9. The molecule has 0 radical (unpaired) electrons. The van der Waals surface area contributed by atoms with Crippen LogP contribution in [0.1, 0.15) is 28.8 Å². The highest BCUT2D eigenvalue weighted by atomic mass is 35.5. The van der Waals surface area contributed by atoms with Gasteiger partial charge in [0, 0.05) is 35.6 Å². The predicted octanol–water partition coefficient (Wildman–Crippen LogP) is 3.55. The van der Waals surface area contributed by atoms with Crippen molar-refractivity contribution >= 4 is 39.1 Å². The predicted molar refractivity (Wildman–Crippen MR) is 113 cm³/mol. The molecule has 2 aromatic rings. The first-order chi connectivity index (χ1) is 13.8. The standard InChI is InChI=1S/C20H22Cl2N2O4S/c1-14(19-16(21)6-4-7-17(19)22)13-23-20(25)15-5-2-3-8-18(15)29(26,27)24-9-11-28-12-10-24/h2-8,14H,9-13H2,1H3,(H,23,25). The third-order valence-corrected chi connectivity index (χ3v) is 7.40. The van der Waals surface area contributed by atoms with E-state index in [2.05, 4.69) is 5.32 Å². The monoisotopic (exact) mass is 456 g/mol. The van der Waals surface area contributed by atoms with Crippen LogP contribution in [0.5, 0.6) is 0 Å². The fourth-order valence-electron chi connectivity index (χ4n) is 3.23. The van der Waals surface area contributed by atoms with E-state index in [9.17, 15) is 13.2 Å². The summed E-state index contributed by atoms with van der Waals surface area (Å²) in [4.78, 5) is 12.8. The van der Waals surface area contributed by atoms with E-state index < -0.39 is 15.9 Å². The third-order valence-electron chi connectivity index (χ3n) is 4.78. The number of sulfonamides is 1. The van der Waals surface area contributed by atoms with Gasteiger partial charge >= 0.3 is 0 Å². The Bertz CT molecular complexity index is 971. The second-order valence-electron chi connectivity index (χ2n) is 6.76. The maximum absolute atomic E-state index is 13.0. The highest BCUT2D eigenvalue weighted by Crippen LogP contribution is 2.31. The van der Waals surface area contributed by atoms with Gasteiger partial charge in [-0.25, -0.2) is 8.42 Å². The molecule has 0 aliphatic carbocycles. The first-order valence-corrected chi connectivity index (χ1v) is 11.4. The minimum atomic E-state index is -3.79. The van der Waals surface area contributed by atoms with Crippen molar-refractivity contribution in [3.63, 3.8) is 0 Å². The summed E-state index contributed by atoms with van der Waals surface area (Å²) in [6.07, 6.45) is 0. The van der Waals surface area contributed by atoms with Gasteiger partial charge in [0.25, 0.3) is 5.91 Å². The van der Waals surface area contributed by atoms with E-state index in [0.29, 0.717) is 23.3 Å². The van der Waals surface area contributed by atoms with Gasteiger partial charge in [-0.05, 0) is 29.8 Å². The average Bonchev–Trinajstić information content (AvgIpc) is 2.72. The summed E-state index contributed by atoms with van der Waals surface area (Å²) < 4.78 is 32.6.